The Hall–Kier alpha value is -3.32. The lowest BCUT2D eigenvalue weighted by molar-refractivity contribution is -0.137. The molecule has 0 atom stereocenters. The fourth-order valence-electron chi connectivity index (χ4n) is 3.39. The molecule has 0 radical (unpaired) electrons. The van der Waals surface area contributed by atoms with Gasteiger partial charge in [0.2, 0.25) is 0 Å². The molecule has 1 N–H and O–H groups in total. The van der Waals surface area contributed by atoms with Crippen LogP contribution in [-0.2, 0) is 26.1 Å². The molecule has 0 saturated carbocycles. The first-order valence-corrected chi connectivity index (χ1v) is 9.99. The predicted octanol–water partition coefficient (Wildman–Crippen LogP) is 3.44. The van der Waals surface area contributed by atoms with Gasteiger partial charge >= 0.3 is 5.97 Å². The molecule has 142 valence electrons. The lowest BCUT2D eigenvalue weighted by Crippen LogP contribution is -2.38. The van der Waals surface area contributed by atoms with E-state index in [0.717, 1.165) is 16.8 Å². The van der Waals surface area contributed by atoms with Crippen molar-refractivity contribution in [2.24, 2.45) is 0 Å². The first-order valence-electron chi connectivity index (χ1n) is 8.55. The second-order valence-corrected chi connectivity index (χ2v) is 8.15. The van der Waals surface area contributed by atoms with Crippen LogP contribution in [0.15, 0.2) is 77.3 Å². The molecule has 3 aromatic carbocycles. The van der Waals surface area contributed by atoms with Crippen molar-refractivity contribution in [3.8, 4) is 0 Å². The van der Waals surface area contributed by atoms with Crippen LogP contribution in [0.3, 0.4) is 0 Å². The number of esters is 1. The number of methoxy groups -OCH3 is 1. The van der Waals surface area contributed by atoms with E-state index in [1.807, 2.05) is 12.1 Å². The molecule has 0 bridgehead atoms. The van der Waals surface area contributed by atoms with E-state index in [4.69, 9.17) is 4.74 Å². The summed E-state index contributed by atoms with van der Waals surface area (Å²) in [6, 6.07) is 19.1. The van der Waals surface area contributed by atoms with Gasteiger partial charge in [-0.2, -0.15) is 0 Å². The molecular weight excluding hydrogens is 378 g/mol. The summed E-state index contributed by atoms with van der Waals surface area (Å²) in [6.45, 7) is -0.111. The third-order valence-electron chi connectivity index (χ3n) is 4.70. The summed E-state index contributed by atoms with van der Waals surface area (Å²) >= 11 is 0. The zero-order valence-electron chi connectivity index (χ0n) is 15.0. The fraction of sp³-hybridized carbons (Fsp3) is 0.0952. The number of hydrogen-bond acceptors (Lipinski definition) is 5. The molecule has 6 nitrogen and oxygen atoms in total. The smallest absolute Gasteiger partial charge is 0.359 e. The van der Waals surface area contributed by atoms with Gasteiger partial charge in [0.15, 0.2) is 11.5 Å². The van der Waals surface area contributed by atoms with Crippen LogP contribution in [0.4, 0.5) is 0 Å². The Labute approximate surface area is 162 Å². The minimum absolute atomic E-state index is 0.0216. The summed E-state index contributed by atoms with van der Waals surface area (Å²) in [5.74, 6) is -1.34. The van der Waals surface area contributed by atoms with Crippen molar-refractivity contribution < 1.29 is 23.1 Å². The van der Waals surface area contributed by atoms with Crippen molar-refractivity contribution in [2.75, 3.05) is 7.11 Å². The van der Waals surface area contributed by atoms with E-state index in [2.05, 4.69) is 0 Å². The number of aliphatic hydroxyl groups excluding tert-OH is 1. The highest BCUT2D eigenvalue weighted by Crippen LogP contribution is 2.40. The highest BCUT2D eigenvalue weighted by molar-refractivity contribution is 7.89. The van der Waals surface area contributed by atoms with E-state index < -0.39 is 27.4 Å². The number of fused-ring (bicyclic) bond motifs is 3. The molecule has 4 rings (SSSR count). The Morgan fingerprint density at radius 3 is 2.39 bits per heavy atom. The molecule has 0 aliphatic carbocycles. The van der Waals surface area contributed by atoms with Crippen molar-refractivity contribution in [1.29, 1.82) is 0 Å². The molecular formula is C21H17NO5S. The number of ether oxygens (including phenoxy) is 1. The maximum absolute atomic E-state index is 13.6. The molecule has 0 fully saturated rings. The lowest BCUT2D eigenvalue weighted by atomic mass is 10.0. The van der Waals surface area contributed by atoms with Crippen LogP contribution in [0.2, 0.25) is 0 Å². The molecule has 0 unspecified atom stereocenters. The molecule has 28 heavy (non-hydrogen) atoms. The first-order chi connectivity index (χ1) is 13.4. The Balaban J connectivity index is 2.03. The Bertz CT molecular complexity index is 1220. The molecule has 0 amide bonds. The van der Waals surface area contributed by atoms with E-state index in [9.17, 15) is 18.3 Å². The number of benzene rings is 3. The Morgan fingerprint density at radius 1 is 1.00 bits per heavy atom. The second kappa shape index (κ2) is 6.69. The van der Waals surface area contributed by atoms with Gasteiger partial charge < -0.3 is 9.84 Å². The number of nitrogens with zero attached hydrogens (tertiary/aromatic N) is 1. The van der Waals surface area contributed by atoms with Gasteiger partial charge in [-0.15, -0.1) is 0 Å². The third kappa shape index (κ3) is 2.71. The fourth-order valence-corrected chi connectivity index (χ4v) is 5.24. The van der Waals surface area contributed by atoms with E-state index in [0.29, 0.717) is 10.9 Å². The van der Waals surface area contributed by atoms with Crippen LogP contribution in [-0.4, -0.2) is 30.9 Å². The summed E-state index contributed by atoms with van der Waals surface area (Å²) in [7, 11) is -2.99. The summed E-state index contributed by atoms with van der Waals surface area (Å²) in [4.78, 5) is 12.4. The number of rotatable bonds is 3. The van der Waals surface area contributed by atoms with E-state index in [1.54, 1.807) is 48.5 Å². The number of aliphatic hydroxyl groups is 1. The lowest BCUT2D eigenvalue weighted by Gasteiger charge is -2.31. The van der Waals surface area contributed by atoms with Gasteiger partial charge in [-0.05, 0) is 17.0 Å². The van der Waals surface area contributed by atoms with Gasteiger partial charge in [0.25, 0.3) is 10.0 Å². The zero-order valence-corrected chi connectivity index (χ0v) is 15.8. The first kappa shape index (κ1) is 18.1. The van der Waals surface area contributed by atoms with Crippen LogP contribution >= 0.6 is 0 Å². The third-order valence-corrected chi connectivity index (χ3v) is 6.55. The molecule has 1 heterocycles. The van der Waals surface area contributed by atoms with Crippen LogP contribution in [0.25, 0.3) is 16.5 Å². The van der Waals surface area contributed by atoms with E-state index in [-0.39, 0.29) is 17.0 Å². The van der Waals surface area contributed by atoms with Crippen molar-refractivity contribution in [1.82, 2.24) is 4.31 Å². The maximum Gasteiger partial charge on any atom is 0.359 e. The SMILES string of the molecule is COC(=O)C1=C(O)c2ccc3ccccc3c2S(=O)(=O)N1Cc1ccccc1. The van der Waals surface area contributed by atoms with Crippen LogP contribution in [0.1, 0.15) is 11.1 Å². The summed E-state index contributed by atoms with van der Waals surface area (Å²) in [5.41, 5.74) is 0.363. The Morgan fingerprint density at radius 2 is 1.68 bits per heavy atom. The molecule has 0 spiro atoms. The van der Waals surface area contributed by atoms with Crippen molar-refractivity contribution in [2.45, 2.75) is 11.4 Å². The molecule has 7 heteroatoms. The topological polar surface area (TPSA) is 83.9 Å². The normalized spacial score (nSPS) is 15.4. The van der Waals surface area contributed by atoms with E-state index in [1.165, 1.54) is 6.07 Å². The van der Waals surface area contributed by atoms with Gasteiger partial charge in [0.1, 0.15) is 4.90 Å². The Kier molecular flexibility index (Phi) is 4.31. The minimum atomic E-state index is -4.13. The highest BCUT2D eigenvalue weighted by atomic mass is 32.2. The number of carbonyl (C=O) groups is 1. The molecule has 1 aliphatic rings. The summed E-state index contributed by atoms with van der Waals surface area (Å²) in [5, 5.41) is 12.0. The predicted molar refractivity (Wildman–Crippen MR) is 105 cm³/mol. The average Bonchev–Trinajstić information content (AvgIpc) is 2.71. The summed E-state index contributed by atoms with van der Waals surface area (Å²) in [6.07, 6.45) is 0. The van der Waals surface area contributed by atoms with Gasteiger partial charge in [-0.25, -0.2) is 13.2 Å². The number of hydrogen-bond donors (Lipinski definition) is 1. The average molecular weight is 395 g/mol. The van der Waals surface area contributed by atoms with Gasteiger partial charge in [0.05, 0.1) is 13.7 Å². The largest absolute Gasteiger partial charge is 0.505 e. The molecule has 3 aromatic rings. The molecule has 0 aromatic heterocycles. The zero-order chi connectivity index (χ0) is 19.9. The second-order valence-electron chi connectivity index (χ2n) is 6.35. The molecule has 1 aliphatic heterocycles. The van der Waals surface area contributed by atoms with Crippen LogP contribution in [0.5, 0.6) is 0 Å². The van der Waals surface area contributed by atoms with Crippen molar-refractivity contribution >= 4 is 32.5 Å². The number of carbonyl (C=O) groups excluding carboxylic acids is 1. The molecule has 0 saturated heterocycles. The van der Waals surface area contributed by atoms with Crippen LogP contribution in [0, 0.1) is 0 Å². The summed E-state index contributed by atoms with van der Waals surface area (Å²) < 4.78 is 32.8. The van der Waals surface area contributed by atoms with E-state index >= 15 is 0 Å². The standard InChI is InChI=1S/C21H17NO5S/c1-27-21(24)18-19(23)17-12-11-15-9-5-6-10-16(15)20(17)28(25,26)22(18)13-14-7-3-2-4-8-14/h2-12,23H,13H2,1H3. The van der Waals surface area contributed by atoms with Gasteiger partial charge in [-0.3, -0.25) is 4.31 Å². The van der Waals surface area contributed by atoms with Crippen molar-refractivity contribution in [3.63, 3.8) is 0 Å². The van der Waals surface area contributed by atoms with Gasteiger partial charge in [0, 0.05) is 10.9 Å². The maximum atomic E-state index is 13.6. The number of sulfonamides is 1. The van der Waals surface area contributed by atoms with Crippen molar-refractivity contribution in [3.05, 3.63) is 83.6 Å². The monoisotopic (exact) mass is 395 g/mol. The van der Waals surface area contributed by atoms with Crippen LogP contribution < -0.4 is 0 Å². The quantitative estimate of drug-likeness (QED) is 0.687. The minimum Gasteiger partial charge on any atom is -0.505 e. The highest BCUT2D eigenvalue weighted by Gasteiger charge is 2.41. The van der Waals surface area contributed by atoms with Gasteiger partial charge in [-0.1, -0.05) is 60.7 Å².